The number of piperidine rings is 1. The number of anilines is 1. The number of allylic oxidation sites excluding steroid dienone is 1. The minimum Gasteiger partial charge on any atom is -0.384 e. The third-order valence-electron chi connectivity index (χ3n) is 5.16. The molecular weight excluding hydrogens is 397 g/mol. The van der Waals surface area contributed by atoms with Crippen molar-refractivity contribution in [3.63, 3.8) is 0 Å². The summed E-state index contributed by atoms with van der Waals surface area (Å²) in [7, 11) is 0. The van der Waals surface area contributed by atoms with Gasteiger partial charge in [-0.05, 0) is 32.0 Å². The number of rotatable bonds is 6. The van der Waals surface area contributed by atoms with Gasteiger partial charge in [-0.25, -0.2) is 9.98 Å². The maximum Gasteiger partial charge on any atom is 0.417 e. The molecule has 0 atom stereocenters. The van der Waals surface area contributed by atoms with Gasteiger partial charge in [0.15, 0.2) is 0 Å². The second-order valence-electron chi connectivity index (χ2n) is 7.28. The van der Waals surface area contributed by atoms with Crippen molar-refractivity contribution in [1.29, 1.82) is 0 Å². The molecule has 0 bridgehead atoms. The largest absolute Gasteiger partial charge is 0.417 e. The zero-order valence-corrected chi connectivity index (χ0v) is 16.9. The fourth-order valence-electron chi connectivity index (χ4n) is 3.52. The van der Waals surface area contributed by atoms with Gasteiger partial charge in [0.05, 0.1) is 31.2 Å². The summed E-state index contributed by atoms with van der Waals surface area (Å²) in [5.74, 6) is 0.320. The zero-order valence-electron chi connectivity index (χ0n) is 16.9. The maximum atomic E-state index is 13.7. The molecule has 1 aromatic heterocycles. The van der Waals surface area contributed by atoms with Crippen LogP contribution in [0.1, 0.15) is 30.4 Å². The topological polar surface area (TPSA) is 79.3 Å². The van der Waals surface area contributed by atoms with Gasteiger partial charge in [-0.2, -0.15) is 13.2 Å². The van der Waals surface area contributed by atoms with E-state index in [2.05, 4.69) is 21.7 Å². The minimum atomic E-state index is -4.59. The molecule has 2 N–H and O–H groups in total. The van der Waals surface area contributed by atoms with Crippen LogP contribution in [0.5, 0.6) is 0 Å². The number of likely N-dealkylation sites (tertiary alicyclic amines) is 1. The van der Waals surface area contributed by atoms with E-state index in [1.807, 2.05) is 9.80 Å². The number of nitrogens with two attached hydrogens (primary N) is 1. The summed E-state index contributed by atoms with van der Waals surface area (Å²) in [5.41, 5.74) is 4.71. The van der Waals surface area contributed by atoms with Gasteiger partial charge in [-0.15, -0.1) is 0 Å². The zero-order chi connectivity index (χ0) is 21.6. The quantitative estimate of drug-likeness (QED) is 0.711. The normalized spacial score (nSPS) is 19.8. The van der Waals surface area contributed by atoms with Gasteiger partial charge >= 0.3 is 6.18 Å². The molecule has 2 saturated heterocycles. The third kappa shape index (κ3) is 5.79. The average molecular weight is 424 g/mol. The lowest BCUT2D eigenvalue weighted by molar-refractivity contribution is -0.137. The fraction of sp³-hybridized carbons (Fsp3) is 0.550. The van der Waals surface area contributed by atoms with E-state index in [-0.39, 0.29) is 23.8 Å². The smallest absolute Gasteiger partial charge is 0.384 e. The SMILES string of the molecule is C=N/C(=C\C(=NCN1CCOCC1)c1cnc(N)cc1C(F)(F)F)N1CCCCC1. The van der Waals surface area contributed by atoms with Crippen molar-refractivity contribution in [2.24, 2.45) is 9.98 Å². The molecule has 0 amide bonds. The molecule has 7 nitrogen and oxygen atoms in total. The van der Waals surface area contributed by atoms with Crippen molar-refractivity contribution in [2.45, 2.75) is 25.4 Å². The molecule has 3 heterocycles. The number of alkyl halides is 3. The van der Waals surface area contributed by atoms with Gasteiger partial charge in [0.25, 0.3) is 0 Å². The van der Waals surface area contributed by atoms with E-state index in [4.69, 9.17) is 10.5 Å². The van der Waals surface area contributed by atoms with E-state index in [9.17, 15) is 13.2 Å². The molecule has 30 heavy (non-hydrogen) atoms. The Balaban J connectivity index is 2.01. The van der Waals surface area contributed by atoms with Crippen molar-refractivity contribution in [1.82, 2.24) is 14.8 Å². The Labute approximate surface area is 174 Å². The summed E-state index contributed by atoms with van der Waals surface area (Å²) < 4.78 is 46.5. The lowest BCUT2D eigenvalue weighted by atomic mass is 10.0. The number of pyridine rings is 1. The molecule has 10 heteroatoms. The first-order chi connectivity index (χ1) is 14.4. The molecule has 164 valence electrons. The number of hydrogen-bond donors (Lipinski definition) is 1. The molecule has 2 fully saturated rings. The highest BCUT2D eigenvalue weighted by Gasteiger charge is 2.35. The van der Waals surface area contributed by atoms with Crippen LogP contribution in [-0.4, -0.2) is 73.3 Å². The van der Waals surface area contributed by atoms with Crippen LogP contribution in [0, 0.1) is 0 Å². The van der Waals surface area contributed by atoms with Gasteiger partial charge < -0.3 is 15.4 Å². The predicted molar refractivity (Wildman–Crippen MR) is 111 cm³/mol. The van der Waals surface area contributed by atoms with Crippen LogP contribution in [0.15, 0.2) is 34.1 Å². The van der Waals surface area contributed by atoms with Crippen molar-refractivity contribution in [3.8, 4) is 0 Å². The van der Waals surface area contributed by atoms with Crippen LogP contribution in [-0.2, 0) is 10.9 Å². The number of nitrogen functional groups attached to an aromatic ring is 1. The summed E-state index contributed by atoms with van der Waals surface area (Å²) in [4.78, 5) is 16.5. The van der Waals surface area contributed by atoms with Crippen LogP contribution in [0.25, 0.3) is 0 Å². The highest BCUT2D eigenvalue weighted by atomic mass is 19.4. The molecule has 2 aliphatic rings. The van der Waals surface area contributed by atoms with Crippen LogP contribution < -0.4 is 5.73 Å². The standard InChI is InChI=1S/C20H27F3N6O/c1-25-19(29-5-3-2-4-6-29)12-17(27-14-28-7-9-30-10-8-28)15-13-26-18(24)11-16(15)20(21,22)23/h11-13H,1-10,14H2,(H2,24,26)/b19-12+,27-17?. The lowest BCUT2D eigenvalue weighted by Crippen LogP contribution is -2.36. The fourth-order valence-corrected chi connectivity index (χ4v) is 3.52. The number of aromatic nitrogens is 1. The lowest BCUT2D eigenvalue weighted by Gasteiger charge is -2.29. The minimum absolute atomic E-state index is 0.122. The van der Waals surface area contributed by atoms with Crippen molar-refractivity contribution >= 4 is 18.2 Å². The molecule has 0 aromatic carbocycles. The Bertz CT molecular complexity index is 796. The Morgan fingerprint density at radius 3 is 2.53 bits per heavy atom. The highest BCUT2D eigenvalue weighted by Crippen LogP contribution is 2.33. The van der Waals surface area contributed by atoms with Crippen LogP contribution in [0.4, 0.5) is 19.0 Å². The first-order valence-corrected chi connectivity index (χ1v) is 9.99. The first kappa shape index (κ1) is 22.2. The first-order valence-electron chi connectivity index (χ1n) is 9.99. The third-order valence-corrected chi connectivity index (χ3v) is 5.16. The Hall–Kier alpha value is -2.46. The number of halogens is 3. The number of morpholine rings is 1. The Morgan fingerprint density at radius 2 is 1.90 bits per heavy atom. The van der Waals surface area contributed by atoms with Gasteiger partial charge in [-0.1, -0.05) is 0 Å². The molecule has 0 aliphatic carbocycles. The van der Waals surface area contributed by atoms with Crippen LogP contribution in [0.2, 0.25) is 0 Å². The Morgan fingerprint density at radius 1 is 1.20 bits per heavy atom. The van der Waals surface area contributed by atoms with Crippen LogP contribution >= 0.6 is 0 Å². The van der Waals surface area contributed by atoms with Crippen molar-refractivity contribution in [3.05, 3.63) is 35.3 Å². The average Bonchev–Trinajstić information content (AvgIpc) is 2.75. The van der Waals surface area contributed by atoms with Gasteiger partial charge in [-0.3, -0.25) is 9.89 Å². The molecule has 1 aromatic rings. The number of nitrogens with zero attached hydrogens (tertiary/aromatic N) is 5. The number of aliphatic imine (C=N–C) groups is 2. The summed E-state index contributed by atoms with van der Waals surface area (Å²) in [5, 5.41) is 0. The molecular formula is C20H27F3N6O. The number of ether oxygens (including phenoxy) is 1. The van der Waals surface area contributed by atoms with E-state index in [0.717, 1.165) is 44.6 Å². The van der Waals surface area contributed by atoms with Crippen molar-refractivity contribution in [2.75, 3.05) is 51.8 Å². The molecule has 0 unspecified atom stereocenters. The predicted octanol–water partition coefficient (Wildman–Crippen LogP) is 2.79. The van der Waals surface area contributed by atoms with Crippen LogP contribution in [0.3, 0.4) is 0 Å². The van der Waals surface area contributed by atoms with E-state index < -0.39 is 11.7 Å². The van der Waals surface area contributed by atoms with E-state index in [1.165, 1.54) is 0 Å². The van der Waals surface area contributed by atoms with E-state index >= 15 is 0 Å². The highest BCUT2D eigenvalue weighted by molar-refractivity contribution is 6.10. The summed E-state index contributed by atoms with van der Waals surface area (Å²) >= 11 is 0. The molecule has 0 saturated carbocycles. The van der Waals surface area contributed by atoms with E-state index in [1.54, 1.807) is 6.08 Å². The second kappa shape index (κ2) is 10.0. The van der Waals surface area contributed by atoms with Gasteiger partial charge in [0, 0.05) is 44.0 Å². The molecule has 0 radical (unpaired) electrons. The summed E-state index contributed by atoms with van der Waals surface area (Å²) in [6.45, 7) is 7.93. The summed E-state index contributed by atoms with van der Waals surface area (Å²) in [6, 6.07) is 0.843. The molecule has 3 rings (SSSR count). The Kier molecular flexibility index (Phi) is 7.43. The maximum absolute atomic E-state index is 13.7. The second-order valence-corrected chi connectivity index (χ2v) is 7.28. The van der Waals surface area contributed by atoms with Gasteiger partial charge in [0.2, 0.25) is 0 Å². The van der Waals surface area contributed by atoms with E-state index in [0.29, 0.717) is 32.1 Å². The number of hydrogen-bond acceptors (Lipinski definition) is 7. The molecule has 0 spiro atoms. The van der Waals surface area contributed by atoms with Gasteiger partial charge in [0.1, 0.15) is 11.6 Å². The molecule has 2 aliphatic heterocycles. The summed E-state index contributed by atoms with van der Waals surface area (Å²) in [6.07, 6.45) is 1.24. The monoisotopic (exact) mass is 424 g/mol. The van der Waals surface area contributed by atoms with Crippen molar-refractivity contribution < 1.29 is 17.9 Å².